The highest BCUT2D eigenvalue weighted by Crippen LogP contribution is 2.20. The van der Waals surface area contributed by atoms with Gasteiger partial charge in [-0.05, 0) is 36.1 Å². The molecule has 0 bridgehead atoms. The number of rotatable bonds is 10. The molecule has 3 aromatic rings. The number of hydrogen-bond acceptors (Lipinski definition) is 3. The summed E-state index contributed by atoms with van der Waals surface area (Å²) in [6.45, 7) is 0. The summed E-state index contributed by atoms with van der Waals surface area (Å²) in [5.41, 5.74) is 3.15. The molecule has 32 heavy (non-hydrogen) atoms. The molecule has 0 unspecified atom stereocenters. The Balaban J connectivity index is 0.000000242. The molecule has 3 rings (SSSR count). The second-order valence-corrected chi connectivity index (χ2v) is 7.74. The Hall–Kier alpha value is -3.24. The molecular weight excluding hydrogens is 424 g/mol. The lowest BCUT2D eigenvalue weighted by molar-refractivity contribution is -0.149. The molecule has 0 fully saturated rings. The topological polar surface area (TPSA) is 71.4 Å². The van der Waals surface area contributed by atoms with Crippen molar-refractivity contribution in [3.63, 3.8) is 0 Å². The SMILES string of the molecule is Clc1ccc(-c2ccccc2)cc1.O=C(O)C(=O)CCCCCCC(=O)c1ccccc1. The molecule has 4 nitrogen and oxygen atoms in total. The van der Waals surface area contributed by atoms with E-state index in [0.29, 0.717) is 12.8 Å². The fraction of sp³-hybridized carbons (Fsp3) is 0.222. The monoisotopic (exact) mass is 450 g/mol. The number of hydrogen-bond donors (Lipinski definition) is 1. The number of carbonyl (C=O) groups is 3. The van der Waals surface area contributed by atoms with Gasteiger partial charge in [-0.15, -0.1) is 0 Å². The highest BCUT2D eigenvalue weighted by molar-refractivity contribution is 6.32. The van der Waals surface area contributed by atoms with E-state index in [-0.39, 0.29) is 12.2 Å². The van der Waals surface area contributed by atoms with Crippen molar-refractivity contribution in [3.05, 3.63) is 95.5 Å². The van der Waals surface area contributed by atoms with Gasteiger partial charge >= 0.3 is 5.97 Å². The average molecular weight is 451 g/mol. The predicted molar refractivity (Wildman–Crippen MR) is 128 cm³/mol. The van der Waals surface area contributed by atoms with Crippen LogP contribution < -0.4 is 0 Å². The van der Waals surface area contributed by atoms with Crippen LogP contribution in [0.3, 0.4) is 0 Å². The van der Waals surface area contributed by atoms with Crippen molar-refractivity contribution in [2.45, 2.75) is 38.5 Å². The summed E-state index contributed by atoms with van der Waals surface area (Å²) in [4.78, 5) is 32.8. The number of benzene rings is 3. The van der Waals surface area contributed by atoms with Gasteiger partial charge in [-0.2, -0.15) is 0 Å². The summed E-state index contributed by atoms with van der Waals surface area (Å²) < 4.78 is 0. The number of Topliss-reactive ketones (excluding diaryl/α,β-unsaturated/α-hetero) is 2. The van der Waals surface area contributed by atoms with Crippen LogP contribution >= 0.6 is 11.6 Å². The second kappa shape index (κ2) is 13.9. The third-order valence-electron chi connectivity index (χ3n) is 4.84. The number of carboxylic acids is 1. The molecule has 166 valence electrons. The highest BCUT2D eigenvalue weighted by atomic mass is 35.5. The van der Waals surface area contributed by atoms with Crippen LogP contribution in [0.4, 0.5) is 0 Å². The third kappa shape index (κ3) is 9.27. The molecule has 0 saturated carbocycles. The first-order valence-corrected chi connectivity index (χ1v) is 11.0. The van der Waals surface area contributed by atoms with E-state index in [4.69, 9.17) is 16.7 Å². The van der Waals surface area contributed by atoms with Gasteiger partial charge in [0.2, 0.25) is 5.78 Å². The number of aliphatic carboxylic acids is 1. The van der Waals surface area contributed by atoms with E-state index in [1.165, 1.54) is 11.1 Å². The van der Waals surface area contributed by atoms with E-state index in [1.807, 2.05) is 60.7 Å². The Morgan fingerprint density at radius 3 is 1.69 bits per heavy atom. The van der Waals surface area contributed by atoms with Crippen molar-refractivity contribution in [2.24, 2.45) is 0 Å². The number of carboxylic acid groups (broad SMARTS) is 1. The van der Waals surface area contributed by atoms with Crippen LogP contribution in [0.2, 0.25) is 5.02 Å². The van der Waals surface area contributed by atoms with E-state index in [0.717, 1.165) is 29.8 Å². The molecule has 1 N–H and O–H groups in total. The Labute approximate surface area is 193 Å². The average Bonchev–Trinajstić information content (AvgIpc) is 2.83. The largest absolute Gasteiger partial charge is 0.476 e. The molecule has 0 amide bonds. The number of ketones is 2. The van der Waals surface area contributed by atoms with Crippen LogP contribution in [-0.2, 0) is 9.59 Å². The Bertz CT molecular complexity index is 983. The van der Waals surface area contributed by atoms with E-state index >= 15 is 0 Å². The molecule has 0 radical (unpaired) electrons. The molecule has 0 atom stereocenters. The standard InChI is InChI=1S/C15H18O4.C12H9Cl/c16-13(12-8-4-3-5-9-12)10-6-1-2-7-11-14(17)15(18)19;13-12-8-6-11(7-9-12)10-4-2-1-3-5-10/h3-5,8-9H,1-2,6-7,10-11H2,(H,18,19);1-9H. The van der Waals surface area contributed by atoms with Gasteiger partial charge in [0.05, 0.1) is 0 Å². The fourth-order valence-electron chi connectivity index (χ4n) is 3.07. The maximum Gasteiger partial charge on any atom is 0.372 e. The molecule has 5 heteroatoms. The molecule has 0 spiro atoms. The van der Waals surface area contributed by atoms with Crippen LogP contribution in [-0.4, -0.2) is 22.6 Å². The van der Waals surface area contributed by atoms with Gasteiger partial charge in [-0.3, -0.25) is 9.59 Å². The first kappa shape index (κ1) is 25.0. The summed E-state index contributed by atoms with van der Waals surface area (Å²) in [5, 5.41) is 9.17. The smallest absolute Gasteiger partial charge is 0.372 e. The lowest BCUT2D eigenvalue weighted by Gasteiger charge is -2.01. The van der Waals surface area contributed by atoms with Gasteiger partial charge in [-0.1, -0.05) is 97.2 Å². The first-order chi connectivity index (χ1) is 15.5. The van der Waals surface area contributed by atoms with Crippen molar-refractivity contribution >= 4 is 29.1 Å². The van der Waals surface area contributed by atoms with Gasteiger partial charge in [0.1, 0.15) is 0 Å². The molecule has 0 aromatic heterocycles. The van der Waals surface area contributed by atoms with Crippen molar-refractivity contribution in [2.75, 3.05) is 0 Å². The van der Waals surface area contributed by atoms with Gasteiger partial charge in [-0.25, -0.2) is 4.79 Å². The molecule has 0 aliphatic rings. The fourth-order valence-corrected chi connectivity index (χ4v) is 3.20. The molecule has 0 aliphatic heterocycles. The summed E-state index contributed by atoms with van der Waals surface area (Å²) in [6.07, 6.45) is 3.55. The maximum atomic E-state index is 11.7. The third-order valence-corrected chi connectivity index (χ3v) is 5.10. The lowest BCUT2D eigenvalue weighted by atomic mass is 10.0. The van der Waals surface area contributed by atoms with Crippen molar-refractivity contribution in [1.29, 1.82) is 0 Å². The molecular formula is C27H27ClO4. The van der Waals surface area contributed by atoms with Crippen LogP contribution in [0, 0.1) is 0 Å². The van der Waals surface area contributed by atoms with E-state index in [1.54, 1.807) is 12.1 Å². The van der Waals surface area contributed by atoms with Gasteiger partial charge in [0, 0.05) is 23.4 Å². The van der Waals surface area contributed by atoms with Crippen LogP contribution in [0.1, 0.15) is 48.9 Å². The second-order valence-electron chi connectivity index (χ2n) is 7.30. The van der Waals surface area contributed by atoms with Gasteiger partial charge < -0.3 is 5.11 Å². The quantitative estimate of drug-likeness (QED) is 0.208. The van der Waals surface area contributed by atoms with Crippen LogP contribution in [0.15, 0.2) is 84.9 Å². The number of unbranched alkanes of at least 4 members (excludes halogenated alkanes) is 3. The summed E-state index contributed by atoms with van der Waals surface area (Å²) in [6, 6.07) is 27.3. The normalized spacial score (nSPS) is 10.0. The zero-order chi connectivity index (χ0) is 23.2. The lowest BCUT2D eigenvalue weighted by Crippen LogP contribution is -2.11. The zero-order valence-electron chi connectivity index (χ0n) is 17.9. The predicted octanol–water partition coefficient (Wildman–Crippen LogP) is 6.87. The molecule has 0 aliphatic carbocycles. The zero-order valence-corrected chi connectivity index (χ0v) is 18.6. The number of carbonyl (C=O) groups excluding carboxylic acids is 2. The first-order valence-electron chi connectivity index (χ1n) is 10.6. The minimum absolute atomic E-state index is 0.0853. The van der Waals surface area contributed by atoms with Gasteiger partial charge in [0.15, 0.2) is 5.78 Å². The number of halogens is 1. The summed E-state index contributed by atoms with van der Waals surface area (Å²) >= 11 is 5.80. The van der Waals surface area contributed by atoms with Gasteiger partial charge in [0.25, 0.3) is 0 Å². The van der Waals surface area contributed by atoms with Crippen molar-refractivity contribution in [1.82, 2.24) is 0 Å². The minimum Gasteiger partial charge on any atom is -0.476 e. The molecule has 0 heterocycles. The minimum atomic E-state index is -1.36. The Kier molecular flexibility index (Phi) is 10.9. The van der Waals surface area contributed by atoms with E-state index < -0.39 is 11.8 Å². The maximum absolute atomic E-state index is 11.7. The Morgan fingerprint density at radius 1 is 0.625 bits per heavy atom. The van der Waals surface area contributed by atoms with E-state index in [9.17, 15) is 14.4 Å². The van der Waals surface area contributed by atoms with Crippen molar-refractivity contribution < 1.29 is 19.5 Å². The highest BCUT2D eigenvalue weighted by Gasteiger charge is 2.10. The molecule has 0 saturated heterocycles. The molecule has 3 aromatic carbocycles. The van der Waals surface area contributed by atoms with Crippen LogP contribution in [0.5, 0.6) is 0 Å². The van der Waals surface area contributed by atoms with E-state index in [2.05, 4.69) is 12.1 Å². The Morgan fingerprint density at radius 2 is 1.12 bits per heavy atom. The van der Waals surface area contributed by atoms with Crippen LogP contribution in [0.25, 0.3) is 11.1 Å². The van der Waals surface area contributed by atoms with Crippen molar-refractivity contribution in [3.8, 4) is 11.1 Å². The summed E-state index contributed by atoms with van der Waals surface area (Å²) in [5.74, 6) is -1.97. The summed E-state index contributed by atoms with van der Waals surface area (Å²) in [7, 11) is 0.